The van der Waals surface area contributed by atoms with Crippen LogP contribution in [0.25, 0.3) is 11.3 Å². The number of aryl methyl sites for hydroxylation is 1. The lowest BCUT2D eigenvalue weighted by atomic mass is 10.0. The number of amides is 2. The maximum Gasteiger partial charge on any atom is 0.289 e. The highest BCUT2D eigenvalue weighted by Crippen LogP contribution is 2.25. The molecule has 0 bridgehead atoms. The van der Waals surface area contributed by atoms with Gasteiger partial charge in [-0.05, 0) is 49.3 Å². The van der Waals surface area contributed by atoms with E-state index in [-0.39, 0.29) is 23.7 Å². The number of methoxy groups -OCH3 is 1. The molecule has 37 heavy (non-hydrogen) atoms. The third-order valence-electron chi connectivity index (χ3n) is 5.25. The van der Waals surface area contributed by atoms with E-state index in [9.17, 15) is 18.4 Å². The van der Waals surface area contributed by atoms with E-state index in [0.717, 1.165) is 12.1 Å². The van der Waals surface area contributed by atoms with Crippen LogP contribution < -0.4 is 10.6 Å². The highest BCUT2D eigenvalue weighted by atomic mass is 19.1. The van der Waals surface area contributed by atoms with E-state index in [1.54, 1.807) is 32.3 Å². The molecule has 11 heteroatoms. The Labute approximate surface area is 213 Å². The molecule has 1 aromatic carbocycles. The van der Waals surface area contributed by atoms with Gasteiger partial charge in [0.2, 0.25) is 11.7 Å². The van der Waals surface area contributed by atoms with Gasteiger partial charge in [-0.2, -0.15) is 0 Å². The van der Waals surface area contributed by atoms with Crippen LogP contribution in [0, 0.1) is 11.6 Å². The number of carbonyl (C=O) groups excluding carboxylic acids is 2. The summed E-state index contributed by atoms with van der Waals surface area (Å²) in [5.41, 5.74) is 0.768. The van der Waals surface area contributed by atoms with Crippen molar-refractivity contribution in [3.05, 3.63) is 83.4 Å². The molecule has 1 atom stereocenters. The van der Waals surface area contributed by atoms with Gasteiger partial charge in [0.05, 0.1) is 18.1 Å². The fourth-order valence-electron chi connectivity index (χ4n) is 3.26. The van der Waals surface area contributed by atoms with Gasteiger partial charge in [0.15, 0.2) is 0 Å². The number of benzene rings is 1. The van der Waals surface area contributed by atoms with Gasteiger partial charge in [0.25, 0.3) is 5.91 Å². The number of nitrogens with zero attached hydrogens (tertiary/aromatic N) is 2. The second-order valence-electron chi connectivity index (χ2n) is 7.91. The molecule has 0 saturated heterocycles. The van der Waals surface area contributed by atoms with Crippen LogP contribution in [0.4, 0.5) is 8.78 Å². The summed E-state index contributed by atoms with van der Waals surface area (Å²) < 4.78 is 44.0. The molecule has 0 spiro atoms. The number of halogens is 2. The quantitative estimate of drug-likeness (QED) is 0.521. The molecular weight excluding hydrogens is 486 g/mol. The maximum absolute atomic E-state index is 14.4. The van der Waals surface area contributed by atoms with Crippen molar-refractivity contribution in [2.45, 2.75) is 26.3 Å². The molecular formula is C26H28F2N4O5. The Morgan fingerprint density at radius 2 is 2.08 bits per heavy atom. The standard InChI is InChI=1S/C26H28F2N4O5/c1-4-17-14-30-24(32-23(17)20-8-6-18(27)13-21(20)28)26(34)31-22-15-37-16(2)5-7-19(36-12-11-35-3)9-10-29-25(22)33/h5-10,13-14,22H,4,11-12,15H2,1-3H3,(H,29,33)(H,31,34)/b10-9+,16-5+,19-7+. The molecule has 0 fully saturated rings. The first-order chi connectivity index (χ1) is 17.8. The fourth-order valence-corrected chi connectivity index (χ4v) is 3.26. The number of nitrogens with one attached hydrogen (secondary N) is 2. The number of ether oxygens (including phenoxy) is 3. The van der Waals surface area contributed by atoms with Crippen molar-refractivity contribution in [1.29, 1.82) is 0 Å². The van der Waals surface area contributed by atoms with Crippen molar-refractivity contribution < 1.29 is 32.6 Å². The Morgan fingerprint density at radius 1 is 1.27 bits per heavy atom. The summed E-state index contributed by atoms with van der Waals surface area (Å²) in [5, 5.41) is 5.13. The fraction of sp³-hybridized carbons (Fsp3) is 0.308. The molecule has 2 heterocycles. The highest BCUT2D eigenvalue weighted by Gasteiger charge is 2.24. The SMILES string of the molecule is CCc1cnc(C(=O)NC2CO/C(C)=C/C=C(OCCOC)\C=C\NC2=O)nc1-c1ccc(F)cc1F. The Morgan fingerprint density at radius 3 is 2.81 bits per heavy atom. The van der Waals surface area contributed by atoms with Crippen molar-refractivity contribution in [2.24, 2.45) is 0 Å². The first-order valence-corrected chi connectivity index (χ1v) is 11.5. The van der Waals surface area contributed by atoms with Crippen molar-refractivity contribution in [1.82, 2.24) is 20.6 Å². The first-order valence-electron chi connectivity index (χ1n) is 11.5. The van der Waals surface area contributed by atoms with Gasteiger partial charge in [-0.1, -0.05) is 6.92 Å². The number of carbonyl (C=O) groups is 2. The second-order valence-corrected chi connectivity index (χ2v) is 7.91. The summed E-state index contributed by atoms with van der Waals surface area (Å²) in [4.78, 5) is 34.0. The zero-order valence-corrected chi connectivity index (χ0v) is 20.7. The predicted octanol–water partition coefficient (Wildman–Crippen LogP) is 3.19. The van der Waals surface area contributed by atoms with Gasteiger partial charge in [-0.25, -0.2) is 18.7 Å². The molecule has 0 saturated carbocycles. The molecule has 2 amide bonds. The third kappa shape index (κ3) is 7.68. The third-order valence-corrected chi connectivity index (χ3v) is 5.25. The zero-order chi connectivity index (χ0) is 26.8. The number of aromatic nitrogens is 2. The van der Waals surface area contributed by atoms with E-state index >= 15 is 0 Å². The van der Waals surface area contributed by atoms with E-state index in [4.69, 9.17) is 14.2 Å². The van der Waals surface area contributed by atoms with Crippen LogP contribution in [-0.4, -0.2) is 54.8 Å². The van der Waals surface area contributed by atoms with Gasteiger partial charge in [-0.15, -0.1) is 0 Å². The zero-order valence-electron chi connectivity index (χ0n) is 20.7. The van der Waals surface area contributed by atoms with Crippen LogP contribution in [-0.2, 0) is 25.4 Å². The minimum atomic E-state index is -1.10. The highest BCUT2D eigenvalue weighted by molar-refractivity contribution is 5.95. The molecule has 2 aromatic rings. The molecule has 196 valence electrons. The molecule has 9 nitrogen and oxygen atoms in total. The lowest BCUT2D eigenvalue weighted by Crippen LogP contribution is -2.48. The van der Waals surface area contributed by atoms with Gasteiger partial charge in [-0.3, -0.25) is 9.59 Å². The van der Waals surface area contributed by atoms with E-state index in [2.05, 4.69) is 20.6 Å². The number of rotatable bonds is 8. The van der Waals surface area contributed by atoms with Gasteiger partial charge in [0, 0.05) is 31.1 Å². The largest absolute Gasteiger partial charge is 0.496 e. The van der Waals surface area contributed by atoms with Crippen molar-refractivity contribution >= 4 is 11.8 Å². The lowest BCUT2D eigenvalue weighted by Gasteiger charge is -2.18. The van der Waals surface area contributed by atoms with Gasteiger partial charge >= 0.3 is 0 Å². The summed E-state index contributed by atoms with van der Waals surface area (Å²) in [7, 11) is 1.56. The predicted molar refractivity (Wildman–Crippen MR) is 131 cm³/mol. The molecule has 1 aromatic heterocycles. The monoisotopic (exact) mass is 514 g/mol. The molecule has 1 aliphatic heterocycles. The summed E-state index contributed by atoms with van der Waals surface area (Å²) in [6.07, 6.45) is 8.13. The van der Waals surface area contributed by atoms with E-state index < -0.39 is 29.5 Å². The van der Waals surface area contributed by atoms with Gasteiger partial charge in [0.1, 0.15) is 36.6 Å². The topological polar surface area (TPSA) is 112 Å². The normalized spacial score (nSPS) is 19.7. The molecule has 1 aliphatic rings. The van der Waals surface area contributed by atoms with Crippen molar-refractivity contribution in [3.63, 3.8) is 0 Å². The van der Waals surface area contributed by atoms with Crippen LogP contribution in [0.1, 0.15) is 30.0 Å². The van der Waals surface area contributed by atoms with Crippen LogP contribution in [0.5, 0.6) is 0 Å². The van der Waals surface area contributed by atoms with Crippen LogP contribution in [0.2, 0.25) is 0 Å². The number of allylic oxidation sites excluding steroid dienone is 4. The van der Waals surface area contributed by atoms with Gasteiger partial charge < -0.3 is 24.8 Å². The Kier molecular flexibility index (Phi) is 9.84. The number of hydrogen-bond acceptors (Lipinski definition) is 7. The van der Waals surface area contributed by atoms with Crippen molar-refractivity contribution in [3.8, 4) is 11.3 Å². The average molecular weight is 515 g/mol. The summed E-state index contributed by atoms with van der Waals surface area (Å²) in [6, 6.07) is 2.00. The molecule has 3 rings (SSSR count). The minimum absolute atomic E-state index is 0.0349. The van der Waals surface area contributed by atoms with Crippen LogP contribution in [0.3, 0.4) is 0 Å². The average Bonchev–Trinajstić information content (AvgIpc) is 2.91. The number of hydrogen-bond donors (Lipinski definition) is 2. The summed E-state index contributed by atoms with van der Waals surface area (Å²) in [5.74, 6) is -2.20. The molecule has 1 unspecified atom stereocenters. The second kappa shape index (κ2) is 13.3. The summed E-state index contributed by atoms with van der Waals surface area (Å²) in [6.45, 7) is 4.04. The Hall–Kier alpha value is -4.12. The van der Waals surface area contributed by atoms with Crippen LogP contribution in [0.15, 0.2) is 60.3 Å². The first kappa shape index (κ1) is 27.5. The summed E-state index contributed by atoms with van der Waals surface area (Å²) >= 11 is 0. The van der Waals surface area contributed by atoms with E-state index in [1.807, 2.05) is 6.92 Å². The van der Waals surface area contributed by atoms with E-state index in [1.165, 1.54) is 18.5 Å². The smallest absolute Gasteiger partial charge is 0.289 e. The molecule has 0 aliphatic carbocycles. The molecule has 2 N–H and O–H groups in total. The van der Waals surface area contributed by atoms with Crippen LogP contribution >= 0.6 is 0 Å². The Balaban J connectivity index is 1.79. The van der Waals surface area contributed by atoms with Crippen molar-refractivity contribution in [2.75, 3.05) is 26.9 Å². The Bertz CT molecular complexity index is 1230. The maximum atomic E-state index is 14.4. The minimum Gasteiger partial charge on any atom is -0.496 e. The molecule has 0 radical (unpaired) electrons. The van der Waals surface area contributed by atoms with E-state index in [0.29, 0.717) is 36.7 Å². The lowest BCUT2D eigenvalue weighted by molar-refractivity contribution is -0.123.